The molecule has 0 unspecified atom stereocenters. The van der Waals surface area contributed by atoms with Crippen molar-refractivity contribution in [1.82, 2.24) is 14.5 Å². The van der Waals surface area contributed by atoms with E-state index in [9.17, 15) is 0 Å². The summed E-state index contributed by atoms with van der Waals surface area (Å²) in [4.78, 5) is 9.45. The molecule has 4 aromatic carbocycles. The first kappa shape index (κ1) is 22.5. The quantitative estimate of drug-likeness (QED) is 0.235. The maximum atomic E-state index is 6.20. The summed E-state index contributed by atoms with van der Waals surface area (Å²) < 4.78 is 8.41. The van der Waals surface area contributed by atoms with Crippen LogP contribution in [0.15, 0.2) is 144 Å². The Balaban J connectivity index is 1.14. The zero-order valence-corrected chi connectivity index (χ0v) is 21.5. The first-order chi connectivity index (χ1) is 19.8. The molecule has 8 rings (SSSR count). The van der Waals surface area contributed by atoms with Crippen LogP contribution in [0.4, 0.5) is 0 Å². The van der Waals surface area contributed by atoms with Crippen molar-refractivity contribution in [3.63, 3.8) is 0 Å². The van der Waals surface area contributed by atoms with Crippen molar-refractivity contribution in [3.8, 4) is 39.3 Å². The molecule has 4 aromatic heterocycles. The van der Waals surface area contributed by atoms with Crippen molar-refractivity contribution in [2.45, 2.75) is 0 Å². The molecule has 0 atom stereocenters. The van der Waals surface area contributed by atoms with Gasteiger partial charge in [0, 0.05) is 51.6 Å². The SMILES string of the molecule is c1ccc(-n2ccc3ccnc(-c4ccc(-c5ccc(-c6nccc7c6oc6ccccc67)cc5)cc4)c32)cc1. The molecule has 4 nitrogen and oxygen atoms in total. The van der Waals surface area contributed by atoms with E-state index in [1.807, 2.05) is 42.7 Å². The summed E-state index contributed by atoms with van der Waals surface area (Å²) in [6.45, 7) is 0. The topological polar surface area (TPSA) is 43.9 Å². The molecule has 8 aromatic rings. The zero-order chi connectivity index (χ0) is 26.5. The summed E-state index contributed by atoms with van der Waals surface area (Å²) in [5.74, 6) is 0. The Morgan fingerprint density at radius 1 is 0.500 bits per heavy atom. The van der Waals surface area contributed by atoms with Gasteiger partial charge in [-0.3, -0.25) is 9.97 Å². The molecule has 0 saturated carbocycles. The van der Waals surface area contributed by atoms with Gasteiger partial charge in [0.1, 0.15) is 11.3 Å². The average molecular weight is 514 g/mol. The third-order valence-corrected chi connectivity index (χ3v) is 7.58. The van der Waals surface area contributed by atoms with E-state index >= 15 is 0 Å². The highest BCUT2D eigenvalue weighted by Gasteiger charge is 2.14. The van der Waals surface area contributed by atoms with Crippen molar-refractivity contribution in [3.05, 3.63) is 140 Å². The van der Waals surface area contributed by atoms with Gasteiger partial charge in [0.05, 0.1) is 11.2 Å². The third-order valence-electron chi connectivity index (χ3n) is 7.58. The van der Waals surface area contributed by atoms with E-state index in [1.165, 1.54) is 5.39 Å². The van der Waals surface area contributed by atoms with Gasteiger partial charge in [-0.1, -0.05) is 84.9 Å². The van der Waals surface area contributed by atoms with Gasteiger partial charge in [-0.15, -0.1) is 0 Å². The van der Waals surface area contributed by atoms with E-state index in [0.29, 0.717) is 0 Å². The summed E-state index contributed by atoms with van der Waals surface area (Å²) in [6.07, 6.45) is 5.85. The van der Waals surface area contributed by atoms with Crippen LogP contribution in [0.25, 0.3) is 72.2 Å². The Morgan fingerprint density at radius 3 is 1.90 bits per heavy atom. The highest BCUT2D eigenvalue weighted by molar-refractivity contribution is 6.08. The number of para-hydroxylation sites is 2. The lowest BCUT2D eigenvalue weighted by atomic mass is 9.99. The molecule has 4 heterocycles. The highest BCUT2D eigenvalue weighted by atomic mass is 16.3. The fourth-order valence-electron chi connectivity index (χ4n) is 5.60. The molecule has 0 amide bonds. The first-order valence-corrected chi connectivity index (χ1v) is 13.3. The Morgan fingerprint density at radius 2 is 1.12 bits per heavy atom. The summed E-state index contributed by atoms with van der Waals surface area (Å²) in [5, 5.41) is 3.36. The number of fused-ring (bicyclic) bond motifs is 4. The van der Waals surface area contributed by atoms with Crippen molar-refractivity contribution in [2.75, 3.05) is 0 Å². The summed E-state index contributed by atoms with van der Waals surface area (Å²) in [7, 11) is 0. The predicted molar refractivity (Wildman–Crippen MR) is 162 cm³/mol. The number of hydrogen-bond donors (Lipinski definition) is 0. The Hall–Kier alpha value is -5.48. The average Bonchev–Trinajstić information content (AvgIpc) is 3.64. The molecule has 0 spiro atoms. The summed E-state index contributed by atoms with van der Waals surface area (Å²) in [5.41, 5.74) is 10.2. The highest BCUT2D eigenvalue weighted by Crippen LogP contribution is 2.35. The van der Waals surface area contributed by atoms with Crippen LogP contribution in [0.1, 0.15) is 0 Å². The van der Waals surface area contributed by atoms with Crippen molar-refractivity contribution >= 4 is 32.8 Å². The van der Waals surface area contributed by atoms with E-state index < -0.39 is 0 Å². The van der Waals surface area contributed by atoms with Crippen LogP contribution in [-0.2, 0) is 0 Å². The summed E-state index contributed by atoms with van der Waals surface area (Å²) in [6, 6.07) is 41.9. The predicted octanol–water partition coefficient (Wildman–Crippen LogP) is 9.32. The van der Waals surface area contributed by atoms with Crippen molar-refractivity contribution in [1.29, 1.82) is 0 Å². The lowest BCUT2D eigenvalue weighted by molar-refractivity contribution is 0.668. The lowest BCUT2D eigenvalue weighted by Crippen LogP contribution is -1.95. The number of nitrogens with zero attached hydrogens (tertiary/aromatic N) is 3. The Kier molecular flexibility index (Phi) is 5.10. The minimum absolute atomic E-state index is 0.822. The Bertz CT molecular complexity index is 2140. The van der Waals surface area contributed by atoms with Crippen molar-refractivity contribution in [2.24, 2.45) is 0 Å². The lowest BCUT2D eigenvalue weighted by Gasteiger charge is -2.10. The van der Waals surface area contributed by atoms with Crippen LogP contribution < -0.4 is 0 Å². The standard InChI is InChI=1S/C36H23N3O/c1-2-6-29(7-3-1)39-23-20-28-18-21-37-33(35(28)39)26-14-10-24(11-15-26)25-12-16-27(17-13-25)34-36-31(19-22-38-34)30-8-4-5-9-32(30)40-36/h1-23H. The molecule has 4 heteroatoms. The molecular weight excluding hydrogens is 490 g/mol. The number of furan rings is 1. The molecule has 0 N–H and O–H groups in total. The van der Waals surface area contributed by atoms with E-state index in [1.54, 1.807) is 0 Å². The number of rotatable bonds is 4. The Labute approximate surface area is 230 Å². The zero-order valence-electron chi connectivity index (χ0n) is 21.5. The fraction of sp³-hybridized carbons (Fsp3) is 0. The van der Waals surface area contributed by atoms with Crippen LogP contribution >= 0.6 is 0 Å². The van der Waals surface area contributed by atoms with E-state index in [-0.39, 0.29) is 0 Å². The minimum atomic E-state index is 0.822. The number of aromatic nitrogens is 3. The van der Waals surface area contributed by atoms with Crippen LogP contribution in [0.3, 0.4) is 0 Å². The number of benzene rings is 4. The van der Waals surface area contributed by atoms with Crippen LogP contribution in [0.2, 0.25) is 0 Å². The molecule has 0 fully saturated rings. The molecule has 0 saturated heterocycles. The molecule has 0 radical (unpaired) electrons. The van der Waals surface area contributed by atoms with Gasteiger partial charge in [-0.25, -0.2) is 0 Å². The van der Waals surface area contributed by atoms with E-state index in [2.05, 4.69) is 107 Å². The monoisotopic (exact) mass is 513 g/mol. The molecule has 0 aliphatic heterocycles. The maximum Gasteiger partial charge on any atom is 0.161 e. The van der Waals surface area contributed by atoms with Crippen LogP contribution in [-0.4, -0.2) is 14.5 Å². The molecule has 0 aliphatic carbocycles. The molecular formula is C36H23N3O. The van der Waals surface area contributed by atoms with E-state index in [0.717, 1.165) is 66.8 Å². The number of hydrogen-bond acceptors (Lipinski definition) is 3. The minimum Gasteiger partial charge on any atom is -0.454 e. The largest absolute Gasteiger partial charge is 0.454 e. The van der Waals surface area contributed by atoms with Gasteiger partial charge < -0.3 is 8.98 Å². The number of pyridine rings is 2. The van der Waals surface area contributed by atoms with Crippen molar-refractivity contribution < 1.29 is 4.42 Å². The van der Waals surface area contributed by atoms with E-state index in [4.69, 9.17) is 9.40 Å². The van der Waals surface area contributed by atoms with Gasteiger partial charge in [0.2, 0.25) is 0 Å². The first-order valence-electron chi connectivity index (χ1n) is 13.3. The molecule has 40 heavy (non-hydrogen) atoms. The van der Waals surface area contributed by atoms with Gasteiger partial charge in [-0.2, -0.15) is 0 Å². The van der Waals surface area contributed by atoms with Crippen LogP contribution in [0, 0.1) is 0 Å². The third kappa shape index (κ3) is 3.62. The van der Waals surface area contributed by atoms with Crippen LogP contribution in [0.5, 0.6) is 0 Å². The van der Waals surface area contributed by atoms with Gasteiger partial charge in [0.25, 0.3) is 0 Å². The van der Waals surface area contributed by atoms with Gasteiger partial charge >= 0.3 is 0 Å². The molecule has 0 aliphatic rings. The van der Waals surface area contributed by atoms with Gasteiger partial charge in [-0.05, 0) is 47.5 Å². The molecule has 188 valence electrons. The second-order valence-electron chi connectivity index (χ2n) is 9.91. The second-order valence-corrected chi connectivity index (χ2v) is 9.91. The smallest absolute Gasteiger partial charge is 0.161 e. The summed E-state index contributed by atoms with van der Waals surface area (Å²) >= 11 is 0. The van der Waals surface area contributed by atoms with Gasteiger partial charge in [0.15, 0.2) is 5.58 Å². The normalized spacial score (nSPS) is 11.5. The second kappa shape index (κ2) is 9.07. The maximum absolute atomic E-state index is 6.20. The fourth-order valence-corrected chi connectivity index (χ4v) is 5.60. The molecule has 0 bridgehead atoms.